The third kappa shape index (κ3) is 2.11. The Morgan fingerprint density at radius 1 is 0.800 bits per heavy atom. The highest BCUT2D eigenvalue weighted by Gasteiger charge is 2.27. The number of methoxy groups -OCH3 is 2. The van der Waals surface area contributed by atoms with Gasteiger partial charge >= 0.3 is 11.9 Å². The first-order valence-corrected chi connectivity index (χ1v) is 5.61. The summed E-state index contributed by atoms with van der Waals surface area (Å²) in [6.45, 7) is 0. The number of hydrogen-bond acceptors (Lipinski definition) is 6. The Labute approximate surface area is 114 Å². The van der Waals surface area contributed by atoms with Gasteiger partial charge in [-0.2, -0.15) is 0 Å². The number of benzene rings is 1. The van der Waals surface area contributed by atoms with Gasteiger partial charge in [-0.15, -0.1) is 0 Å². The molecule has 0 aromatic heterocycles. The third-order valence-electron chi connectivity index (χ3n) is 2.89. The van der Waals surface area contributed by atoms with Crippen molar-refractivity contribution in [3.63, 3.8) is 0 Å². The number of ether oxygens (including phenoxy) is 2. The Kier molecular flexibility index (Phi) is 3.47. The molecule has 2 rings (SSSR count). The van der Waals surface area contributed by atoms with Crippen LogP contribution in [0.2, 0.25) is 0 Å². The molecule has 1 aliphatic carbocycles. The second-order valence-corrected chi connectivity index (χ2v) is 3.99. The second kappa shape index (κ2) is 5.08. The van der Waals surface area contributed by atoms with Crippen molar-refractivity contribution in [1.29, 1.82) is 0 Å². The number of carbonyl (C=O) groups excluding carboxylic acids is 4. The van der Waals surface area contributed by atoms with Gasteiger partial charge in [0.15, 0.2) is 11.6 Å². The molecule has 0 aliphatic heterocycles. The third-order valence-corrected chi connectivity index (χ3v) is 2.89. The SMILES string of the molecule is COC(=O)c1cc2c(cc1C(=O)OC)C(=O)C=CC2=O. The topological polar surface area (TPSA) is 86.7 Å². The highest BCUT2D eigenvalue weighted by atomic mass is 16.5. The monoisotopic (exact) mass is 274 g/mol. The molecule has 0 saturated heterocycles. The largest absolute Gasteiger partial charge is 0.465 e. The minimum atomic E-state index is -0.789. The van der Waals surface area contributed by atoms with Crippen LogP contribution >= 0.6 is 0 Å². The molecule has 0 heterocycles. The lowest BCUT2D eigenvalue weighted by Gasteiger charge is -2.13. The molecule has 1 aromatic carbocycles. The fourth-order valence-electron chi connectivity index (χ4n) is 1.90. The lowest BCUT2D eigenvalue weighted by atomic mass is 9.90. The van der Waals surface area contributed by atoms with Gasteiger partial charge in [-0.3, -0.25) is 9.59 Å². The number of rotatable bonds is 2. The summed E-state index contributed by atoms with van der Waals surface area (Å²) in [4.78, 5) is 46.8. The van der Waals surface area contributed by atoms with Crippen LogP contribution in [-0.2, 0) is 9.47 Å². The van der Waals surface area contributed by atoms with Crippen molar-refractivity contribution in [1.82, 2.24) is 0 Å². The number of esters is 2. The molecular weight excluding hydrogens is 264 g/mol. The first-order chi connectivity index (χ1) is 9.49. The van der Waals surface area contributed by atoms with E-state index < -0.39 is 23.5 Å². The second-order valence-electron chi connectivity index (χ2n) is 3.99. The van der Waals surface area contributed by atoms with Gasteiger partial charge in [-0.05, 0) is 24.3 Å². The van der Waals surface area contributed by atoms with Gasteiger partial charge < -0.3 is 9.47 Å². The summed E-state index contributed by atoms with van der Waals surface area (Å²) in [5.41, 5.74) is -0.111. The Morgan fingerprint density at radius 3 is 1.45 bits per heavy atom. The average Bonchev–Trinajstić information content (AvgIpc) is 2.48. The van der Waals surface area contributed by atoms with E-state index in [0.717, 1.165) is 26.4 Å². The van der Waals surface area contributed by atoms with Crippen molar-refractivity contribution in [2.75, 3.05) is 14.2 Å². The molecule has 20 heavy (non-hydrogen) atoms. The van der Waals surface area contributed by atoms with Crippen molar-refractivity contribution in [3.05, 3.63) is 46.5 Å². The Balaban J connectivity index is 2.73. The van der Waals surface area contributed by atoms with Crippen molar-refractivity contribution >= 4 is 23.5 Å². The van der Waals surface area contributed by atoms with Crippen LogP contribution < -0.4 is 0 Å². The van der Waals surface area contributed by atoms with Crippen LogP contribution in [0.25, 0.3) is 0 Å². The number of ketones is 2. The summed E-state index contributed by atoms with van der Waals surface area (Å²) in [5, 5.41) is 0. The van der Waals surface area contributed by atoms with E-state index in [4.69, 9.17) is 0 Å². The van der Waals surface area contributed by atoms with E-state index in [0.29, 0.717) is 0 Å². The van der Waals surface area contributed by atoms with Gasteiger partial charge in [0, 0.05) is 11.1 Å². The lowest BCUT2D eigenvalue weighted by molar-refractivity contribution is 0.0555. The predicted octanol–water partition coefficient (Wildman–Crippen LogP) is 1.20. The molecule has 1 aliphatic rings. The predicted molar refractivity (Wildman–Crippen MR) is 66.9 cm³/mol. The number of allylic oxidation sites excluding steroid dienone is 2. The van der Waals surface area contributed by atoms with E-state index >= 15 is 0 Å². The quantitative estimate of drug-likeness (QED) is 0.753. The van der Waals surface area contributed by atoms with Gasteiger partial charge in [-0.25, -0.2) is 9.59 Å². The first-order valence-electron chi connectivity index (χ1n) is 5.61. The van der Waals surface area contributed by atoms with E-state index in [1.54, 1.807) is 0 Å². The molecule has 1 aromatic rings. The zero-order valence-corrected chi connectivity index (χ0v) is 10.8. The minimum Gasteiger partial charge on any atom is -0.465 e. The highest BCUT2D eigenvalue weighted by Crippen LogP contribution is 2.23. The number of fused-ring (bicyclic) bond motifs is 1. The average molecular weight is 274 g/mol. The molecule has 0 spiro atoms. The zero-order chi connectivity index (χ0) is 14.9. The molecule has 0 fully saturated rings. The van der Waals surface area contributed by atoms with E-state index in [1.165, 1.54) is 12.1 Å². The molecule has 0 bridgehead atoms. The molecule has 0 unspecified atom stereocenters. The molecule has 0 amide bonds. The summed E-state index contributed by atoms with van der Waals surface area (Å²) < 4.78 is 9.13. The van der Waals surface area contributed by atoms with Crippen LogP contribution in [0, 0.1) is 0 Å². The normalized spacial score (nSPS) is 12.9. The van der Waals surface area contributed by atoms with Crippen LogP contribution in [0.3, 0.4) is 0 Å². The molecule has 0 N–H and O–H groups in total. The number of carbonyl (C=O) groups is 4. The van der Waals surface area contributed by atoms with Crippen LogP contribution in [0.5, 0.6) is 0 Å². The van der Waals surface area contributed by atoms with Gasteiger partial charge in [-0.1, -0.05) is 0 Å². The molecule has 102 valence electrons. The van der Waals surface area contributed by atoms with Crippen LogP contribution in [0.4, 0.5) is 0 Å². The summed E-state index contributed by atoms with van der Waals surface area (Å²) in [6, 6.07) is 2.36. The fourth-order valence-corrected chi connectivity index (χ4v) is 1.90. The van der Waals surface area contributed by atoms with E-state index in [2.05, 4.69) is 9.47 Å². The smallest absolute Gasteiger partial charge is 0.338 e. The van der Waals surface area contributed by atoms with Crippen molar-refractivity contribution in [2.45, 2.75) is 0 Å². The molecule has 6 heteroatoms. The highest BCUT2D eigenvalue weighted by molar-refractivity contribution is 6.23. The Morgan fingerprint density at radius 2 is 1.15 bits per heavy atom. The van der Waals surface area contributed by atoms with Crippen LogP contribution in [0.1, 0.15) is 41.4 Å². The van der Waals surface area contributed by atoms with Crippen molar-refractivity contribution < 1.29 is 28.7 Å². The fraction of sp³-hybridized carbons (Fsp3) is 0.143. The van der Waals surface area contributed by atoms with E-state index in [-0.39, 0.29) is 22.3 Å². The van der Waals surface area contributed by atoms with E-state index in [1.807, 2.05) is 0 Å². The van der Waals surface area contributed by atoms with Crippen LogP contribution in [0.15, 0.2) is 24.3 Å². The van der Waals surface area contributed by atoms with Crippen molar-refractivity contribution in [3.8, 4) is 0 Å². The molecule has 6 nitrogen and oxygen atoms in total. The summed E-state index contributed by atoms with van der Waals surface area (Å²) in [7, 11) is 2.30. The van der Waals surface area contributed by atoms with E-state index in [9.17, 15) is 19.2 Å². The maximum absolute atomic E-state index is 11.7. The van der Waals surface area contributed by atoms with Crippen LogP contribution in [-0.4, -0.2) is 37.7 Å². The summed E-state index contributed by atoms with van der Waals surface area (Å²) >= 11 is 0. The van der Waals surface area contributed by atoms with Crippen molar-refractivity contribution in [2.24, 2.45) is 0 Å². The zero-order valence-electron chi connectivity index (χ0n) is 10.8. The summed E-state index contributed by atoms with van der Waals surface area (Å²) in [6.07, 6.45) is 2.23. The van der Waals surface area contributed by atoms with Gasteiger partial charge in [0.05, 0.1) is 25.3 Å². The first kappa shape index (κ1) is 13.7. The van der Waals surface area contributed by atoms with Gasteiger partial charge in [0.2, 0.25) is 0 Å². The standard InChI is InChI=1S/C14H10O6/c1-19-13(17)9-5-7-8(6-10(9)14(18)20-2)12(16)4-3-11(7)15/h3-6H,1-2H3. The molecule has 0 radical (unpaired) electrons. The molecule has 0 saturated carbocycles. The maximum atomic E-state index is 11.7. The maximum Gasteiger partial charge on any atom is 0.338 e. The Hall–Kier alpha value is -2.76. The van der Waals surface area contributed by atoms with Gasteiger partial charge in [0.1, 0.15) is 0 Å². The van der Waals surface area contributed by atoms with Gasteiger partial charge in [0.25, 0.3) is 0 Å². The minimum absolute atomic E-state index is 0.0607. The molecular formula is C14H10O6. The molecule has 0 atom stereocenters. The number of hydrogen-bond donors (Lipinski definition) is 0. The summed E-state index contributed by atoms with van der Waals surface area (Å²) in [5.74, 6) is -2.41. The lowest BCUT2D eigenvalue weighted by Crippen LogP contribution is -2.18. The Bertz CT molecular complexity index is 611.